The first kappa shape index (κ1) is 18.3. The van der Waals surface area contributed by atoms with Crippen LogP contribution in [0.4, 0.5) is 0 Å². The molecule has 2 rings (SSSR count). The highest BCUT2D eigenvalue weighted by molar-refractivity contribution is 7.89. The van der Waals surface area contributed by atoms with Crippen LogP contribution in [-0.4, -0.2) is 28.5 Å². The van der Waals surface area contributed by atoms with Gasteiger partial charge in [0.05, 0.1) is 12.7 Å². The maximum atomic E-state index is 12.2. The molecule has 6 nitrogen and oxygen atoms in total. The number of methoxy groups -OCH3 is 1. The summed E-state index contributed by atoms with van der Waals surface area (Å²) in [6, 6.07) is 11.0. The second-order valence-corrected chi connectivity index (χ2v) is 7.07. The van der Waals surface area contributed by atoms with E-state index >= 15 is 0 Å². The van der Waals surface area contributed by atoms with Crippen LogP contribution in [0, 0.1) is 0 Å². The third-order valence-corrected chi connectivity index (χ3v) is 4.89. The van der Waals surface area contributed by atoms with Gasteiger partial charge >= 0.3 is 5.97 Å². The van der Waals surface area contributed by atoms with Crippen molar-refractivity contribution in [2.45, 2.75) is 11.5 Å². The molecule has 0 saturated carbocycles. The molecule has 0 unspecified atom stereocenters. The van der Waals surface area contributed by atoms with Crippen LogP contribution >= 0.6 is 11.6 Å². The number of carbonyl (C=O) groups is 1. The molecule has 128 valence electrons. The summed E-state index contributed by atoms with van der Waals surface area (Å²) >= 11 is 5.87. The summed E-state index contributed by atoms with van der Waals surface area (Å²) in [6.45, 7) is 0.0273. The van der Waals surface area contributed by atoms with Crippen LogP contribution in [0.3, 0.4) is 0 Å². The number of nitrogens with one attached hydrogen (secondary N) is 1. The van der Waals surface area contributed by atoms with Gasteiger partial charge in [-0.05, 0) is 42.9 Å². The predicted molar refractivity (Wildman–Crippen MR) is 89.8 cm³/mol. The van der Waals surface area contributed by atoms with E-state index < -0.39 is 16.0 Å². The molecule has 0 radical (unpaired) electrons. The number of hydrogen-bond donors (Lipinski definition) is 1. The van der Waals surface area contributed by atoms with Crippen molar-refractivity contribution in [3.63, 3.8) is 0 Å². The van der Waals surface area contributed by atoms with Gasteiger partial charge in [-0.15, -0.1) is 0 Å². The molecule has 0 spiro atoms. The summed E-state index contributed by atoms with van der Waals surface area (Å²) in [4.78, 5) is 12.0. The van der Waals surface area contributed by atoms with Gasteiger partial charge in [-0.3, -0.25) is 0 Å². The second kappa shape index (κ2) is 7.65. The van der Waals surface area contributed by atoms with Crippen LogP contribution in [0.25, 0.3) is 0 Å². The highest BCUT2D eigenvalue weighted by Crippen LogP contribution is 2.25. The number of ether oxygens (including phenoxy) is 2. The Hall–Kier alpha value is -2.09. The van der Waals surface area contributed by atoms with Crippen LogP contribution in [0.2, 0.25) is 5.02 Å². The van der Waals surface area contributed by atoms with E-state index in [1.807, 2.05) is 0 Å². The summed E-state index contributed by atoms with van der Waals surface area (Å²) in [7, 11) is -1.14. The van der Waals surface area contributed by atoms with Crippen LogP contribution in [0.15, 0.2) is 47.4 Å². The molecule has 0 heterocycles. The fourth-order valence-corrected chi connectivity index (χ4v) is 3.11. The van der Waals surface area contributed by atoms with E-state index in [9.17, 15) is 13.2 Å². The smallest absolute Gasteiger partial charge is 0.338 e. The van der Waals surface area contributed by atoms with Crippen LogP contribution in [-0.2, 0) is 21.4 Å². The van der Waals surface area contributed by atoms with Gasteiger partial charge in [0.1, 0.15) is 17.3 Å². The number of esters is 1. The lowest BCUT2D eigenvalue weighted by Crippen LogP contribution is -2.20. The van der Waals surface area contributed by atoms with Gasteiger partial charge in [0.25, 0.3) is 0 Å². The summed E-state index contributed by atoms with van der Waals surface area (Å²) in [5.74, 6) is -0.513. The van der Waals surface area contributed by atoms with Crippen molar-refractivity contribution in [1.29, 1.82) is 0 Å². The van der Waals surface area contributed by atoms with Crippen molar-refractivity contribution in [1.82, 2.24) is 4.72 Å². The van der Waals surface area contributed by atoms with Crippen molar-refractivity contribution in [2.24, 2.45) is 0 Å². The topological polar surface area (TPSA) is 81.7 Å². The number of benzene rings is 2. The van der Waals surface area contributed by atoms with Crippen LogP contribution in [0.5, 0.6) is 5.75 Å². The first-order valence-corrected chi connectivity index (χ1v) is 8.76. The normalized spacial score (nSPS) is 11.1. The molecule has 0 aromatic heterocycles. The Kier molecular flexibility index (Phi) is 5.82. The molecular weight excluding hydrogens is 354 g/mol. The number of hydrogen-bond acceptors (Lipinski definition) is 5. The van der Waals surface area contributed by atoms with Gasteiger partial charge < -0.3 is 9.47 Å². The third kappa shape index (κ3) is 4.25. The van der Waals surface area contributed by atoms with Crippen molar-refractivity contribution in [2.75, 3.05) is 14.2 Å². The minimum Gasteiger partial charge on any atom is -0.495 e. The number of carbonyl (C=O) groups excluding carboxylic acids is 1. The molecule has 0 saturated heterocycles. The minimum absolute atomic E-state index is 0.0273. The Bertz CT molecular complexity index is 851. The standard InChI is InChI=1S/C16H16ClNO5S/c1-18-24(20,21)15-9-12(6-7-14(15)22-2)16(19)23-10-11-4-3-5-13(17)8-11/h3-9,18H,10H2,1-2H3. The monoisotopic (exact) mass is 369 g/mol. The largest absolute Gasteiger partial charge is 0.495 e. The number of rotatable bonds is 6. The van der Waals surface area contributed by atoms with E-state index in [2.05, 4.69) is 4.72 Å². The first-order valence-electron chi connectivity index (χ1n) is 6.90. The molecule has 0 amide bonds. The Morgan fingerprint density at radius 1 is 1.21 bits per heavy atom. The maximum Gasteiger partial charge on any atom is 0.338 e. The molecule has 0 aliphatic heterocycles. The zero-order chi connectivity index (χ0) is 17.7. The summed E-state index contributed by atoms with van der Waals surface area (Å²) < 4.78 is 36.4. The van der Waals surface area contributed by atoms with Gasteiger partial charge in [-0.2, -0.15) is 0 Å². The minimum atomic E-state index is -3.77. The molecule has 24 heavy (non-hydrogen) atoms. The molecule has 0 aliphatic carbocycles. The van der Waals surface area contributed by atoms with Crippen LogP contribution in [0.1, 0.15) is 15.9 Å². The summed E-state index contributed by atoms with van der Waals surface area (Å²) in [5, 5.41) is 0.537. The fraction of sp³-hybridized carbons (Fsp3) is 0.188. The van der Waals surface area contributed by atoms with Gasteiger partial charge in [-0.25, -0.2) is 17.9 Å². The lowest BCUT2D eigenvalue weighted by atomic mass is 10.2. The van der Waals surface area contributed by atoms with Gasteiger partial charge in [0, 0.05) is 5.02 Å². The molecular formula is C16H16ClNO5S. The molecule has 2 aromatic carbocycles. The zero-order valence-corrected chi connectivity index (χ0v) is 14.6. The SMILES string of the molecule is CNS(=O)(=O)c1cc(C(=O)OCc2cccc(Cl)c2)ccc1OC. The predicted octanol–water partition coefficient (Wildman–Crippen LogP) is 2.61. The molecule has 0 fully saturated rings. The molecule has 0 aliphatic rings. The Labute approximate surface area is 145 Å². The lowest BCUT2D eigenvalue weighted by Gasteiger charge is -2.11. The van der Waals surface area contributed by atoms with Gasteiger partial charge in [0.15, 0.2) is 0 Å². The Morgan fingerprint density at radius 3 is 2.58 bits per heavy atom. The highest BCUT2D eigenvalue weighted by atomic mass is 35.5. The maximum absolute atomic E-state index is 12.2. The molecule has 1 N–H and O–H groups in total. The molecule has 2 aromatic rings. The molecule has 8 heteroatoms. The average Bonchev–Trinajstić information content (AvgIpc) is 2.59. The van der Waals surface area contributed by atoms with E-state index in [1.54, 1.807) is 24.3 Å². The van der Waals surface area contributed by atoms with Crippen molar-refractivity contribution in [3.05, 3.63) is 58.6 Å². The number of halogens is 1. The van der Waals surface area contributed by atoms with Crippen molar-refractivity contribution >= 4 is 27.6 Å². The third-order valence-electron chi connectivity index (χ3n) is 3.22. The van der Waals surface area contributed by atoms with Crippen molar-refractivity contribution in [3.8, 4) is 5.75 Å². The van der Waals surface area contributed by atoms with Crippen molar-refractivity contribution < 1.29 is 22.7 Å². The van der Waals surface area contributed by atoms with Gasteiger partial charge in [0.2, 0.25) is 10.0 Å². The highest BCUT2D eigenvalue weighted by Gasteiger charge is 2.20. The van der Waals surface area contributed by atoms with E-state index in [4.69, 9.17) is 21.1 Å². The van der Waals surface area contributed by atoms with E-state index in [1.165, 1.54) is 32.4 Å². The lowest BCUT2D eigenvalue weighted by molar-refractivity contribution is 0.0472. The molecule has 0 bridgehead atoms. The van der Waals surface area contributed by atoms with E-state index in [0.717, 1.165) is 5.56 Å². The van der Waals surface area contributed by atoms with E-state index in [-0.39, 0.29) is 22.8 Å². The molecule has 0 atom stereocenters. The second-order valence-electron chi connectivity index (χ2n) is 4.78. The van der Waals surface area contributed by atoms with E-state index in [0.29, 0.717) is 5.02 Å². The first-order chi connectivity index (χ1) is 11.4. The summed E-state index contributed by atoms with van der Waals surface area (Å²) in [5.41, 5.74) is 0.832. The Morgan fingerprint density at radius 2 is 1.96 bits per heavy atom. The zero-order valence-electron chi connectivity index (χ0n) is 13.1. The van der Waals surface area contributed by atoms with Gasteiger partial charge in [-0.1, -0.05) is 23.7 Å². The number of sulfonamides is 1. The quantitative estimate of drug-likeness (QED) is 0.791. The summed E-state index contributed by atoms with van der Waals surface area (Å²) in [6.07, 6.45) is 0. The van der Waals surface area contributed by atoms with Crippen LogP contribution < -0.4 is 9.46 Å². The fourth-order valence-electron chi connectivity index (χ4n) is 1.98. The Balaban J connectivity index is 2.22. The average molecular weight is 370 g/mol.